The predicted octanol–water partition coefficient (Wildman–Crippen LogP) is 1.72. The van der Waals surface area contributed by atoms with Crippen molar-refractivity contribution in [1.29, 1.82) is 0 Å². The molecule has 3 nitrogen and oxygen atoms in total. The van der Waals surface area contributed by atoms with Crippen LogP contribution in [-0.4, -0.2) is 45.3 Å². The minimum Gasteiger partial charge on any atom is -0.385 e. The highest BCUT2D eigenvalue weighted by Crippen LogP contribution is 2.28. The Morgan fingerprint density at radius 1 is 1.19 bits per heavy atom. The van der Waals surface area contributed by atoms with Crippen molar-refractivity contribution < 1.29 is 4.74 Å². The Kier molecular flexibility index (Phi) is 7.01. The first-order chi connectivity index (χ1) is 7.76. The summed E-state index contributed by atoms with van der Waals surface area (Å²) in [7, 11) is 4.00. The monoisotopic (exact) mass is 228 g/mol. The van der Waals surface area contributed by atoms with Gasteiger partial charge in [-0.1, -0.05) is 0 Å². The lowest BCUT2D eigenvalue weighted by Gasteiger charge is -2.30. The molecule has 3 heteroatoms. The largest absolute Gasteiger partial charge is 0.385 e. The quantitative estimate of drug-likeness (QED) is 0.674. The maximum Gasteiger partial charge on any atom is 0.0474 e. The number of ether oxygens (including phenoxy) is 1. The molecular weight excluding hydrogens is 200 g/mol. The summed E-state index contributed by atoms with van der Waals surface area (Å²) in [5, 5.41) is 0. The van der Waals surface area contributed by atoms with Crippen molar-refractivity contribution in [2.24, 2.45) is 17.6 Å². The van der Waals surface area contributed by atoms with Crippen molar-refractivity contribution in [3.8, 4) is 0 Å². The van der Waals surface area contributed by atoms with Crippen LogP contribution in [0.25, 0.3) is 0 Å². The maximum absolute atomic E-state index is 5.71. The van der Waals surface area contributed by atoms with Crippen LogP contribution in [0, 0.1) is 11.8 Å². The summed E-state index contributed by atoms with van der Waals surface area (Å²) in [4.78, 5) is 2.45. The molecule has 16 heavy (non-hydrogen) atoms. The zero-order valence-corrected chi connectivity index (χ0v) is 11.0. The van der Waals surface area contributed by atoms with Gasteiger partial charge in [-0.15, -0.1) is 0 Å². The molecule has 0 aromatic heterocycles. The molecule has 96 valence electrons. The Bertz CT molecular complexity index is 167. The summed E-state index contributed by atoms with van der Waals surface area (Å²) in [6.07, 6.45) is 6.57. The molecule has 1 aliphatic rings. The fourth-order valence-electron chi connectivity index (χ4n) is 2.66. The summed E-state index contributed by atoms with van der Waals surface area (Å²) in [6, 6.07) is 0. The van der Waals surface area contributed by atoms with Gasteiger partial charge in [0, 0.05) is 26.8 Å². The first-order valence-electron chi connectivity index (χ1n) is 6.63. The van der Waals surface area contributed by atoms with Crippen LogP contribution in [0.15, 0.2) is 0 Å². The zero-order chi connectivity index (χ0) is 11.8. The maximum atomic E-state index is 5.71. The van der Waals surface area contributed by atoms with Gasteiger partial charge in [-0.05, 0) is 57.5 Å². The summed E-state index contributed by atoms with van der Waals surface area (Å²) >= 11 is 0. The van der Waals surface area contributed by atoms with E-state index in [0.717, 1.165) is 38.0 Å². The van der Waals surface area contributed by atoms with E-state index in [1.54, 1.807) is 7.11 Å². The normalized spacial score (nSPS) is 26.2. The third-order valence-corrected chi connectivity index (χ3v) is 3.76. The third kappa shape index (κ3) is 5.28. The number of rotatable bonds is 7. The standard InChI is InChI=1S/C13H28N2O/c1-15(8-3-9-16-2)11-13-6-4-12(10-14)5-7-13/h12-13H,3-11,14H2,1-2H3. The molecule has 0 amide bonds. The van der Waals surface area contributed by atoms with Crippen molar-refractivity contribution in [2.75, 3.05) is 40.4 Å². The Morgan fingerprint density at radius 3 is 2.38 bits per heavy atom. The molecule has 0 unspecified atom stereocenters. The van der Waals surface area contributed by atoms with Gasteiger partial charge >= 0.3 is 0 Å². The highest BCUT2D eigenvalue weighted by atomic mass is 16.5. The zero-order valence-electron chi connectivity index (χ0n) is 11.0. The van der Waals surface area contributed by atoms with Crippen LogP contribution in [0.4, 0.5) is 0 Å². The molecule has 0 atom stereocenters. The van der Waals surface area contributed by atoms with Gasteiger partial charge in [-0.3, -0.25) is 0 Å². The van der Waals surface area contributed by atoms with E-state index >= 15 is 0 Å². The first kappa shape index (κ1) is 13.9. The summed E-state index contributed by atoms with van der Waals surface area (Å²) < 4.78 is 5.07. The first-order valence-corrected chi connectivity index (χ1v) is 6.63. The molecule has 0 aliphatic heterocycles. The van der Waals surface area contributed by atoms with E-state index in [-0.39, 0.29) is 0 Å². The summed E-state index contributed by atoms with van der Waals surface area (Å²) in [5.41, 5.74) is 5.71. The van der Waals surface area contributed by atoms with Crippen molar-refractivity contribution >= 4 is 0 Å². The molecular formula is C13H28N2O. The minimum atomic E-state index is 0.801. The Balaban J connectivity index is 2.08. The van der Waals surface area contributed by atoms with Gasteiger partial charge < -0.3 is 15.4 Å². The highest BCUT2D eigenvalue weighted by molar-refractivity contribution is 4.74. The number of nitrogens with two attached hydrogens (primary N) is 1. The lowest BCUT2D eigenvalue weighted by molar-refractivity contribution is 0.163. The molecule has 0 bridgehead atoms. The second-order valence-electron chi connectivity index (χ2n) is 5.23. The van der Waals surface area contributed by atoms with Crippen LogP contribution in [0.2, 0.25) is 0 Å². The van der Waals surface area contributed by atoms with E-state index in [0.29, 0.717) is 0 Å². The Hall–Kier alpha value is -0.120. The number of hydrogen-bond donors (Lipinski definition) is 1. The topological polar surface area (TPSA) is 38.5 Å². The van der Waals surface area contributed by atoms with Crippen molar-refractivity contribution in [1.82, 2.24) is 4.90 Å². The van der Waals surface area contributed by atoms with Crippen molar-refractivity contribution in [2.45, 2.75) is 32.1 Å². The van der Waals surface area contributed by atoms with Gasteiger partial charge in [-0.25, -0.2) is 0 Å². The second-order valence-corrected chi connectivity index (χ2v) is 5.23. The van der Waals surface area contributed by atoms with Crippen LogP contribution in [0.1, 0.15) is 32.1 Å². The van der Waals surface area contributed by atoms with Gasteiger partial charge in [0.1, 0.15) is 0 Å². The van der Waals surface area contributed by atoms with Crippen LogP contribution in [0.5, 0.6) is 0 Å². The lowest BCUT2D eigenvalue weighted by Crippen LogP contribution is -2.31. The second kappa shape index (κ2) is 8.04. The van der Waals surface area contributed by atoms with Gasteiger partial charge in [-0.2, -0.15) is 0 Å². The molecule has 0 heterocycles. The molecule has 1 aliphatic carbocycles. The highest BCUT2D eigenvalue weighted by Gasteiger charge is 2.20. The Labute approximate surface area is 100 Å². The average molecular weight is 228 g/mol. The molecule has 0 aromatic carbocycles. The molecule has 0 saturated heterocycles. The summed E-state index contributed by atoms with van der Waals surface area (Å²) in [5.74, 6) is 1.70. The van der Waals surface area contributed by atoms with Crippen molar-refractivity contribution in [3.63, 3.8) is 0 Å². The minimum absolute atomic E-state index is 0.801. The molecule has 0 spiro atoms. The smallest absolute Gasteiger partial charge is 0.0474 e. The van der Waals surface area contributed by atoms with Gasteiger partial charge in [0.15, 0.2) is 0 Å². The molecule has 1 fully saturated rings. The molecule has 0 radical (unpaired) electrons. The van der Waals surface area contributed by atoms with Gasteiger partial charge in [0.25, 0.3) is 0 Å². The number of nitrogens with zero attached hydrogens (tertiary/aromatic N) is 1. The third-order valence-electron chi connectivity index (χ3n) is 3.76. The van der Waals surface area contributed by atoms with E-state index in [9.17, 15) is 0 Å². The predicted molar refractivity (Wildman–Crippen MR) is 68.5 cm³/mol. The van der Waals surface area contributed by atoms with Gasteiger partial charge in [0.2, 0.25) is 0 Å². The fourth-order valence-corrected chi connectivity index (χ4v) is 2.66. The number of hydrogen-bond acceptors (Lipinski definition) is 3. The fraction of sp³-hybridized carbons (Fsp3) is 1.00. The van der Waals surface area contributed by atoms with E-state index in [1.807, 2.05) is 0 Å². The van der Waals surface area contributed by atoms with E-state index < -0.39 is 0 Å². The van der Waals surface area contributed by atoms with Crippen molar-refractivity contribution in [3.05, 3.63) is 0 Å². The van der Waals surface area contributed by atoms with Crippen LogP contribution in [0.3, 0.4) is 0 Å². The van der Waals surface area contributed by atoms with Crippen LogP contribution < -0.4 is 5.73 Å². The van der Waals surface area contributed by atoms with E-state index in [2.05, 4.69) is 11.9 Å². The molecule has 2 N–H and O–H groups in total. The number of methoxy groups -OCH3 is 1. The SMILES string of the molecule is COCCCN(C)CC1CCC(CN)CC1. The van der Waals surface area contributed by atoms with Crippen LogP contribution >= 0.6 is 0 Å². The van der Waals surface area contributed by atoms with E-state index in [1.165, 1.54) is 32.2 Å². The Morgan fingerprint density at radius 2 is 1.81 bits per heavy atom. The molecule has 1 rings (SSSR count). The molecule has 0 aromatic rings. The average Bonchev–Trinajstić information content (AvgIpc) is 2.30. The van der Waals surface area contributed by atoms with E-state index in [4.69, 9.17) is 10.5 Å². The van der Waals surface area contributed by atoms with Crippen LogP contribution in [-0.2, 0) is 4.74 Å². The molecule has 1 saturated carbocycles. The van der Waals surface area contributed by atoms with Gasteiger partial charge in [0.05, 0.1) is 0 Å². The summed E-state index contributed by atoms with van der Waals surface area (Å²) in [6.45, 7) is 4.17. The lowest BCUT2D eigenvalue weighted by atomic mass is 9.82.